The number of nitrogens with one attached hydrogen (secondary N) is 1. The predicted octanol–water partition coefficient (Wildman–Crippen LogP) is 3.02. The van der Waals surface area contributed by atoms with Crippen molar-refractivity contribution >= 4 is 33.3 Å². The molecule has 1 fully saturated rings. The Balaban J connectivity index is 1.64. The van der Waals surface area contributed by atoms with Crippen LogP contribution < -0.4 is 5.32 Å². The van der Waals surface area contributed by atoms with E-state index in [9.17, 15) is 17.6 Å². The van der Waals surface area contributed by atoms with Gasteiger partial charge in [-0.1, -0.05) is 35.9 Å². The first kappa shape index (κ1) is 18.6. The smallest absolute Gasteiger partial charge is 0.322 e. The first-order chi connectivity index (χ1) is 12.4. The Morgan fingerprint density at radius 1 is 1.00 bits per heavy atom. The number of halogens is 2. The minimum atomic E-state index is -3.59. The molecule has 9 heteroatoms. The van der Waals surface area contributed by atoms with Gasteiger partial charge in [-0.3, -0.25) is 0 Å². The lowest BCUT2D eigenvalue weighted by atomic mass is 10.3. The van der Waals surface area contributed by atoms with Crippen LogP contribution in [0.4, 0.5) is 14.9 Å². The molecule has 2 aromatic rings. The second-order valence-electron chi connectivity index (χ2n) is 5.73. The number of carbonyl (C=O) groups excluding carboxylic acids is 1. The van der Waals surface area contributed by atoms with Gasteiger partial charge < -0.3 is 10.2 Å². The van der Waals surface area contributed by atoms with Crippen molar-refractivity contribution in [2.24, 2.45) is 0 Å². The van der Waals surface area contributed by atoms with Gasteiger partial charge in [0.15, 0.2) is 0 Å². The maximum Gasteiger partial charge on any atom is 0.322 e. The highest BCUT2D eigenvalue weighted by Crippen LogP contribution is 2.25. The number of carbonyl (C=O) groups is 1. The molecule has 26 heavy (non-hydrogen) atoms. The molecule has 0 radical (unpaired) electrons. The van der Waals surface area contributed by atoms with Gasteiger partial charge in [-0.25, -0.2) is 17.6 Å². The lowest BCUT2D eigenvalue weighted by molar-refractivity contribution is 0.184. The molecule has 1 N–H and O–H groups in total. The van der Waals surface area contributed by atoms with Gasteiger partial charge in [0, 0.05) is 26.2 Å². The average Bonchev–Trinajstić information content (AvgIpc) is 2.65. The molecule has 0 atom stereocenters. The highest BCUT2D eigenvalue weighted by Gasteiger charge is 2.30. The Morgan fingerprint density at radius 2 is 1.65 bits per heavy atom. The summed E-state index contributed by atoms with van der Waals surface area (Å²) in [5, 5.41) is 2.55. The van der Waals surface area contributed by atoms with Crippen molar-refractivity contribution in [3.63, 3.8) is 0 Å². The Hall–Kier alpha value is -2.16. The van der Waals surface area contributed by atoms with E-state index in [-0.39, 0.29) is 41.8 Å². The fraction of sp³-hybridized carbons (Fsp3) is 0.235. The fourth-order valence-electron chi connectivity index (χ4n) is 2.68. The number of hydrogen-bond acceptors (Lipinski definition) is 3. The van der Waals surface area contributed by atoms with Crippen LogP contribution >= 0.6 is 11.6 Å². The topological polar surface area (TPSA) is 69.7 Å². The van der Waals surface area contributed by atoms with Crippen molar-refractivity contribution in [3.8, 4) is 0 Å². The van der Waals surface area contributed by atoms with E-state index < -0.39 is 21.9 Å². The summed E-state index contributed by atoms with van der Waals surface area (Å²) in [6, 6.07) is 11.7. The molecule has 2 aromatic carbocycles. The van der Waals surface area contributed by atoms with Crippen LogP contribution in [-0.2, 0) is 10.0 Å². The summed E-state index contributed by atoms with van der Waals surface area (Å²) in [6.45, 7) is 0.721. The summed E-state index contributed by atoms with van der Waals surface area (Å²) in [6.07, 6.45) is 0. The van der Waals surface area contributed by atoms with Crippen LogP contribution in [0.3, 0.4) is 0 Å². The fourth-order valence-corrected chi connectivity index (χ4v) is 4.33. The van der Waals surface area contributed by atoms with Crippen LogP contribution in [0, 0.1) is 5.82 Å². The Labute approximate surface area is 156 Å². The molecule has 0 spiro atoms. The van der Waals surface area contributed by atoms with Gasteiger partial charge >= 0.3 is 6.03 Å². The van der Waals surface area contributed by atoms with Gasteiger partial charge in [-0.2, -0.15) is 4.31 Å². The number of urea groups is 1. The van der Waals surface area contributed by atoms with E-state index in [0.29, 0.717) is 0 Å². The number of para-hydroxylation sites is 1. The number of benzene rings is 2. The van der Waals surface area contributed by atoms with Crippen LogP contribution in [0.5, 0.6) is 0 Å². The SMILES string of the molecule is O=C(Nc1c(F)cccc1Cl)N1CCN(S(=O)(=O)c2ccccc2)CC1. The van der Waals surface area contributed by atoms with Gasteiger partial charge in [0.25, 0.3) is 0 Å². The maximum atomic E-state index is 13.8. The molecule has 1 saturated heterocycles. The Bertz CT molecular complexity index is 880. The molecule has 1 aliphatic rings. The second kappa shape index (κ2) is 7.61. The summed E-state index contributed by atoms with van der Waals surface area (Å²) in [7, 11) is -3.59. The molecule has 0 bridgehead atoms. The van der Waals surface area contributed by atoms with Crippen molar-refractivity contribution in [3.05, 3.63) is 59.4 Å². The van der Waals surface area contributed by atoms with Gasteiger partial charge in [0.2, 0.25) is 10.0 Å². The minimum Gasteiger partial charge on any atom is -0.322 e. The summed E-state index contributed by atoms with van der Waals surface area (Å²) in [5.74, 6) is -0.629. The zero-order valence-electron chi connectivity index (χ0n) is 13.7. The number of anilines is 1. The standard InChI is InChI=1S/C17H17ClFN3O3S/c18-14-7-4-8-15(19)16(14)20-17(23)21-9-11-22(12-10-21)26(24,25)13-5-2-1-3-6-13/h1-8H,9-12H2,(H,20,23). The van der Waals surface area contributed by atoms with Crippen molar-refractivity contribution in [2.75, 3.05) is 31.5 Å². The van der Waals surface area contributed by atoms with Crippen LogP contribution in [-0.4, -0.2) is 49.8 Å². The van der Waals surface area contributed by atoms with Gasteiger partial charge in [0.1, 0.15) is 5.82 Å². The molecule has 2 amide bonds. The number of piperazine rings is 1. The number of nitrogens with zero attached hydrogens (tertiary/aromatic N) is 2. The largest absolute Gasteiger partial charge is 0.322 e. The molecule has 0 aromatic heterocycles. The lowest BCUT2D eigenvalue weighted by Crippen LogP contribution is -2.51. The van der Waals surface area contributed by atoms with Gasteiger partial charge in [0.05, 0.1) is 15.6 Å². The predicted molar refractivity (Wildman–Crippen MR) is 97.2 cm³/mol. The van der Waals surface area contributed by atoms with E-state index in [1.54, 1.807) is 18.2 Å². The van der Waals surface area contributed by atoms with Crippen molar-refractivity contribution in [1.29, 1.82) is 0 Å². The molecule has 3 rings (SSSR count). The third-order valence-corrected chi connectivity index (χ3v) is 6.33. The molecule has 0 unspecified atom stereocenters. The molecule has 138 valence electrons. The minimum absolute atomic E-state index is 0.0847. The monoisotopic (exact) mass is 397 g/mol. The first-order valence-corrected chi connectivity index (χ1v) is 9.76. The summed E-state index contributed by atoms with van der Waals surface area (Å²) >= 11 is 5.90. The molecule has 6 nitrogen and oxygen atoms in total. The van der Waals surface area contributed by atoms with E-state index in [1.165, 1.54) is 39.5 Å². The third-order valence-electron chi connectivity index (χ3n) is 4.10. The lowest BCUT2D eigenvalue weighted by Gasteiger charge is -2.34. The maximum absolute atomic E-state index is 13.8. The average molecular weight is 398 g/mol. The van der Waals surface area contributed by atoms with Crippen LogP contribution in [0.15, 0.2) is 53.4 Å². The van der Waals surface area contributed by atoms with Gasteiger partial charge in [-0.05, 0) is 24.3 Å². The normalized spacial score (nSPS) is 15.7. The molecule has 0 aliphatic carbocycles. The first-order valence-electron chi connectivity index (χ1n) is 7.95. The molecule has 1 heterocycles. The zero-order valence-corrected chi connectivity index (χ0v) is 15.3. The molecular weight excluding hydrogens is 381 g/mol. The summed E-state index contributed by atoms with van der Waals surface area (Å²) in [5.41, 5.74) is -0.0847. The molecular formula is C17H17ClFN3O3S. The zero-order chi connectivity index (χ0) is 18.7. The van der Waals surface area contributed by atoms with Crippen molar-refractivity contribution in [1.82, 2.24) is 9.21 Å². The number of amides is 2. The summed E-state index contributed by atoms with van der Waals surface area (Å²) < 4.78 is 40.3. The number of sulfonamides is 1. The second-order valence-corrected chi connectivity index (χ2v) is 8.08. The molecule has 1 aliphatic heterocycles. The van der Waals surface area contributed by atoms with Crippen LogP contribution in [0.1, 0.15) is 0 Å². The van der Waals surface area contributed by atoms with E-state index in [0.717, 1.165) is 0 Å². The van der Waals surface area contributed by atoms with Crippen LogP contribution in [0.25, 0.3) is 0 Å². The molecule has 0 saturated carbocycles. The summed E-state index contributed by atoms with van der Waals surface area (Å²) in [4.78, 5) is 14.0. The Kier molecular flexibility index (Phi) is 5.45. The van der Waals surface area contributed by atoms with E-state index in [2.05, 4.69) is 5.32 Å². The Morgan fingerprint density at radius 3 is 2.27 bits per heavy atom. The van der Waals surface area contributed by atoms with Gasteiger partial charge in [-0.15, -0.1) is 0 Å². The number of rotatable bonds is 3. The third kappa shape index (κ3) is 3.82. The van der Waals surface area contributed by atoms with Crippen molar-refractivity contribution in [2.45, 2.75) is 4.90 Å². The van der Waals surface area contributed by atoms with E-state index in [1.807, 2.05) is 0 Å². The van der Waals surface area contributed by atoms with Crippen molar-refractivity contribution < 1.29 is 17.6 Å². The highest BCUT2D eigenvalue weighted by molar-refractivity contribution is 7.89. The number of hydrogen-bond donors (Lipinski definition) is 1. The van der Waals surface area contributed by atoms with E-state index >= 15 is 0 Å². The quantitative estimate of drug-likeness (QED) is 0.865. The highest BCUT2D eigenvalue weighted by atomic mass is 35.5. The van der Waals surface area contributed by atoms with E-state index in [4.69, 9.17) is 11.6 Å². The van der Waals surface area contributed by atoms with Crippen LogP contribution in [0.2, 0.25) is 5.02 Å².